The van der Waals surface area contributed by atoms with Gasteiger partial charge in [0.2, 0.25) is 0 Å². The molecule has 0 aliphatic heterocycles. The van der Waals surface area contributed by atoms with E-state index in [4.69, 9.17) is 5.11 Å². The number of nitro groups is 1. The lowest BCUT2D eigenvalue weighted by Crippen LogP contribution is -1.89. The second-order valence-electron chi connectivity index (χ2n) is 2.33. The molecule has 0 aliphatic carbocycles. The van der Waals surface area contributed by atoms with Crippen molar-refractivity contribution in [2.45, 2.75) is 13.8 Å². The molecule has 11 heavy (non-hydrogen) atoms. The van der Waals surface area contributed by atoms with Crippen LogP contribution in [0.15, 0.2) is 0 Å². The zero-order valence-electron chi connectivity index (χ0n) is 6.21. The summed E-state index contributed by atoms with van der Waals surface area (Å²) in [5.74, 6) is -0.269. The summed E-state index contributed by atoms with van der Waals surface area (Å²) in [5.41, 5.74) is 1.00. The first-order valence-corrected chi connectivity index (χ1v) is 3.06. The van der Waals surface area contributed by atoms with Crippen LogP contribution in [0.4, 0.5) is 5.82 Å². The molecule has 0 aromatic carbocycles. The van der Waals surface area contributed by atoms with Gasteiger partial charge in [-0.2, -0.15) is 0 Å². The Kier molecular flexibility index (Phi) is 1.56. The van der Waals surface area contributed by atoms with Crippen molar-refractivity contribution < 1.29 is 10.0 Å². The summed E-state index contributed by atoms with van der Waals surface area (Å²) in [6, 6.07) is 0. The van der Waals surface area contributed by atoms with Crippen molar-refractivity contribution in [3.63, 3.8) is 0 Å². The van der Waals surface area contributed by atoms with Gasteiger partial charge in [-0.1, -0.05) is 0 Å². The van der Waals surface area contributed by atoms with Crippen LogP contribution in [-0.2, 0) is 0 Å². The number of aromatic amines is 1. The molecule has 1 rings (SSSR count). The summed E-state index contributed by atoms with van der Waals surface area (Å²) < 4.78 is 0. The van der Waals surface area contributed by atoms with E-state index in [1.807, 2.05) is 0 Å². The van der Waals surface area contributed by atoms with Crippen molar-refractivity contribution in [3.8, 4) is 5.88 Å². The predicted octanol–water partition coefficient (Wildman–Crippen LogP) is 1.25. The number of hydrogen-bond acceptors (Lipinski definition) is 3. The van der Waals surface area contributed by atoms with Gasteiger partial charge in [0, 0.05) is 5.56 Å². The van der Waals surface area contributed by atoms with Crippen molar-refractivity contribution >= 4 is 5.82 Å². The summed E-state index contributed by atoms with van der Waals surface area (Å²) >= 11 is 0. The van der Waals surface area contributed by atoms with Crippen LogP contribution in [0.25, 0.3) is 0 Å². The van der Waals surface area contributed by atoms with E-state index in [2.05, 4.69) is 4.98 Å². The van der Waals surface area contributed by atoms with Crippen molar-refractivity contribution in [2.24, 2.45) is 0 Å². The van der Waals surface area contributed by atoms with Gasteiger partial charge in [-0.15, -0.1) is 0 Å². The number of rotatable bonds is 1. The van der Waals surface area contributed by atoms with E-state index >= 15 is 0 Å². The van der Waals surface area contributed by atoms with Gasteiger partial charge in [-0.05, 0) is 18.8 Å². The molecule has 0 bridgehead atoms. The van der Waals surface area contributed by atoms with Crippen molar-refractivity contribution in [1.29, 1.82) is 0 Å². The quantitative estimate of drug-likeness (QED) is 0.474. The van der Waals surface area contributed by atoms with Crippen LogP contribution in [0.2, 0.25) is 0 Å². The SMILES string of the molecule is Cc1c(O)[nH]c([N+](=O)[O-])c1C. The highest BCUT2D eigenvalue weighted by atomic mass is 16.6. The summed E-state index contributed by atoms with van der Waals surface area (Å²) in [6.45, 7) is 3.21. The van der Waals surface area contributed by atoms with E-state index in [9.17, 15) is 10.1 Å². The average molecular weight is 156 g/mol. The lowest BCUT2D eigenvalue weighted by Gasteiger charge is -1.90. The summed E-state index contributed by atoms with van der Waals surface area (Å²) in [6.07, 6.45) is 0. The van der Waals surface area contributed by atoms with E-state index in [-0.39, 0.29) is 11.7 Å². The highest BCUT2D eigenvalue weighted by Gasteiger charge is 2.18. The lowest BCUT2D eigenvalue weighted by molar-refractivity contribution is -0.389. The molecule has 1 heterocycles. The minimum atomic E-state index is -0.554. The number of aromatic hydroxyl groups is 1. The minimum Gasteiger partial charge on any atom is -0.478 e. The Balaban J connectivity index is 3.29. The third-order valence-corrected chi connectivity index (χ3v) is 1.69. The maximum atomic E-state index is 10.3. The number of H-pyrrole nitrogens is 1. The van der Waals surface area contributed by atoms with Crippen LogP contribution in [0.5, 0.6) is 5.88 Å². The molecule has 0 amide bonds. The molecule has 0 radical (unpaired) electrons. The Morgan fingerprint density at radius 3 is 2.18 bits per heavy atom. The molecule has 0 fully saturated rings. The van der Waals surface area contributed by atoms with Crippen molar-refractivity contribution in [1.82, 2.24) is 4.98 Å². The number of nitrogens with one attached hydrogen (secondary N) is 1. The normalized spacial score (nSPS) is 10.0. The van der Waals surface area contributed by atoms with Gasteiger partial charge in [-0.25, -0.2) is 4.98 Å². The monoisotopic (exact) mass is 156 g/mol. The van der Waals surface area contributed by atoms with Crippen LogP contribution in [0.3, 0.4) is 0 Å². The molecular weight excluding hydrogens is 148 g/mol. The molecule has 5 nitrogen and oxygen atoms in total. The first kappa shape index (κ1) is 7.59. The summed E-state index contributed by atoms with van der Waals surface area (Å²) in [7, 11) is 0. The largest absolute Gasteiger partial charge is 0.478 e. The smallest absolute Gasteiger partial charge is 0.327 e. The van der Waals surface area contributed by atoms with Crippen LogP contribution < -0.4 is 0 Å². The first-order chi connectivity index (χ1) is 5.04. The molecule has 0 saturated carbocycles. The molecule has 1 aromatic heterocycles. The van der Waals surface area contributed by atoms with Crippen molar-refractivity contribution in [3.05, 3.63) is 21.2 Å². The molecule has 1 aromatic rings. The molecule has 5 heteroatoms. The Morgan fingerprint density at radius 1 is 1.45 bits per heavy atom. The van der Waals surface area contributed by atoms with Gasteiger partial charge in [0.1, 0.15) is 0 Å². The fourth-order valence-corrected chi connectivity index (χ4v) is 0.837. The number of nitrogens with zero attached hydrogens (tertiary/aromatic N) is 1. The van der Waals surface area contributed by atoms with Gasteiger partial charge in [0.05, 0.1) is 5.56 Å². The molecule has 0 atom stereocenters. The second kappa shape index (κ2) is 2.26. The van der Waals surface area contributed by atoms with Crippen LogP contribution in [-0.4, -0.2) is 15.0 Å². The standard InChI is InChI=1S/C6H8N2O3/c1-3-4(2)6(9)7-5(3)8(10)11/h7,9H,1-2H3. The molecule has 2 N–H and O–H groups in total. The number of aromatic nitrogens is 1. The molecule has 0 aliphatic rings. The molecule has 0 saturated heterocycles. The van der Waals surface area contributed by atoms with E-state index < -0.39 is 4.92 Å². The maximum Gasteiger partial charge on any atom is 0.327 e. The maximum absolute atomic E-state index is 10.3. The minimum absolute atomic E-state index is 0.130. The second-order valence-corrected chi connectivity index (χ2v) is 2.33. The van der Waals surface area contributed by atoms with Crippen LogP contribution in [0.1, 0.15) is 11.1 Å². The van der Waals surface area contributed by atoms with Gasteiger partial charge in [0.15, 0.2) is 0 Å². The molecule has 60 valence electrons. The molecule has 0 spiro atoms. The van der Waals surface area contributed by atoms with E-state index in [0.717, 1.165) is 0 Å². The van der Waals surface area contributed by atoms with Gasteiger partial charge < -0.3 is 15.2 Å². The Hall–Kier alpha value is -1.52. The van der Waals surface area contributed by atoms with Crippen LogP contribution >= 0.6 is 0 Å². The highest BCUT2D eigenvalue weighted by Crippen LogP contribution is 2.27. The van der Waals surface area contributed by atoms with E-state index in [1.165, 1.54) is 0 Å². The fraction of sp³-hybridized carbons (Fsp3) is 0.333. The van der Waals surface area contributed by atoms with Crippen molar-refractivity contribution in [2.75, 3.05) is 0 Å². The molecular formula is C6H8N2O3. The Morgan fingerprint density at radius 2 is 2.00 bits per heavy atom. The van der Waals surface area contributed by atoms with Gasteiger partial charge in [0.25, 0.3) is 5.88 Å². The van der Waals surface area contributed by atoms with E-state index in [0.29, 0.717) is 11.1 Å². The Labute approximate surface area is 62.8 Å². The third kappa shape index (κ3) is 1.04. The molecule has 0 unspecified atom stereocenters. The first-order valence-electron chi connectivity index (χ1n) is 3.06. The summed E-state index contributed by atoms with van der Waals surface area (Å²) in [4.78, 5) is 12.0. The lowest BCUT2D eigenvalue weighted by atomic mass is 10.2. The fourth-order valence-electron chi connectivity index (χ4n) is 0.837. The Bertz CT molecular complexity index is 303. The van der Waals surface area contributed by atoms with E-state index in [1.54, 1.807) is 13.8 Å². The van der Waals surface area contributed by atoms with Gasteiger partial charge >= 0.3 is 5.82 Å². The zero-order valence-corrected chi connectivity index (χ0v) is 6.21. The van der Waals surface area contributed by atoms with Crippen LogP contribution in [0, 0.1) is 24.0 Å². The zero-order chi connectivity index (χ0) is 8.59. The third-order valence-electron chi connectivity index (χ3n) is 1.69. The number of hydrogen-bond donors (Lipinski definition) is 2. The summed E-state index contributed by atoms with van der Waals surface area (Å²) in [5, 5.41) is 19.3. The van der Waals surface area contributed by atoms with Gasteiger partial charge in [-0.3, -0.25) is 0 Å². The average Bonchev–Trinajstić information content (AvgIpc) is 2.17. The topological polar surface area (TPSA) is 79.2 Å². The predicted molar refractivity (Wildman–Crippen MR) is 38.6 cm³/mol. The highest BCUT2D eigenvalue weighted by molar-refractivity contribution is 5.45.